The maximum absolute atomic E-state index is 10.9. The van der Waals surface area contributed by atoms with Crippen molar-refractivity contribution in [1.82, 2.24) is 0 Å². The fraction of sp³-hybridized carbons (Fsp3) is 0.333. The standard InChI is InChI=1S/C12H14N2O3/c1-4-9(5-2)13-11-7-6-10(17-3)8-12(11)14(15)16/h1,6-9,13H,5H2,2-3H3. The van der Waals surface area contributed by atoms with Crippen LogP contribution in [0.4, 0.5) is 11.4 Å². The van der Waals surface area contributed by atoms with Gasteiger partial charge in [0.15, 0.2) is 0 Å². The van der Waals surface area contributed by atoms with Crippen LogP contribution in [0.2, 0.25) is 0 Å². The topological polar surface area (TPSA) is 64.4 Å². The van der Waals surface area contributed by atoms with Crippen LogP contribution in [0.15, 0.2) is 18.2 Å². The molecule has 0 saturated heterocycles. The number of terminal acetylenes is 1. The number of anilines is 1. The van der Waals surface area contributed by atoms with E-state index in [1.165, 1.54) is 13.2 Å². The number of ether oxygens (including phenoxy) is 1. The van der Waals surface area contributed by atoms with Gasteiger partial charge in [-0.25, -0.2) is 0 Å². The van der Waals surface area contributed by atoms with Crippen LogP contribution < -0.4 is 10.1 Å². The molecule has 1 rings (SSSR count). The number of nitrogens with zero attached hydrogens (tertiary/aromatic N) is 1. The Balaban J connectivity index is 3.07. The van der Waals surface area contributed by atoms with E-state index in [0.29, 0.717) is 17.9 Å². The molecule has 5 heteroatoms. The van der Waals surface area contributed by atoms with Gasteiger partial charge in [-0.3, -0.25) is 10.1 Å². The third-order valence-electron chi connectivity index (χ3n) is 2.34. The fourth-order valence-electron chi connectivity index (χ4n) is 1.36. The minimum absolute atomic E-state index is 0.0435. The molecule has 0 amide bonds. The Kier molecular flexibility index (Phi) is 4.35. The first-order chi connectivity index (χ1) is 8.12. The lowest BCUT2D eigenvalue weighted by Crippen LogP contribution is -2.16. The maximum Gasteiger partial charge on any atom is 0.296 e. The Morgan fingerprint density at radius 1 is 1.65 bits per heavy atom. The zero-order valence-corrected chi connectivity index (χ0v) is 9.77. The van der Waals surface area contributed by atoms with Crippen molar-refractivity contribution in [3.63, 3.8) is 0 Å². The molecule has 0 heterocycles. The summed E-state index contributed by atoms with van der Waals surface area (Å²) in [7, 11) is 1.46. The number of hydrogen-bond donors (Lipinski definition) is 1. The number of nitro groups is 1. The Bertz CT molecular complexity index is 452. The van der Waals surface area contributed by atoms with Crippen LogP contribution in [0.5, 0.6) is 5.75 Å². The molecule has 1 aromatic rings. The largest absolute Gasteiger partial charge is 0.496 e. The highest BCUT2D eigenvalue weighted by atomic mass is 16.6. The van der Waals surface area contributed by atoms with Crippen molar-refractivity contribution in [2.45, 2.75) is 19.4 Å². The van der Waals surface area contributed by atoms with Crippen molar-refractivity contribution >= 4 is 11.4 Å². The van der Waals surface area contributed by atoms with Crippen molar-refractivity contribution < 1.29 is 9.66 Å². The van der Waals surface area contributed by atoms with Crippen molar-refractivity contribution in [3.05, 3.63) is 28.3 Å². The highest BCUT2D eigenvalue weighted by Gasteiger charge is 2.16. The van der Waals surface area contributed by atoms with Gasteiger partial charge in [-0.05, 0) is 18.6 Å². The van der Waals surface area contributed by atoms with Crippen LogP contribution in [0, 0.1) is 22.5 Å². The summed E-state index contributed by atoms with van der Waals surface area (Å²) in [5.74, 6) is 2.97. The molecule has 0 aliphatic carbocycles. The van der Waals surface area contributed by atoms with Crippen molar-refractivity contribution in [1.29, 1.82) is 0 Å². The molecule has 0 aliphatic heterocycles. The lowest BCUT2D eigenvalue weighted by atomic mass is 10.2. The summed E-state index contributed by atoms with van der Waals surface area (Å²) in [6.07, 6.45) is 6.00. The minimum Gasteiger partial charge on any atom is -0.496 e. The highest BCUT2D eigenvalue weighted by Crippen LogP contribution is 2.29. The molecule has 0 spiro atoms. The normalized spacial score (nSPS) is 11.4. The monoisotopic (exact) mass is 234 g/mol. The van der Waals surface area contributed by atoms with E-state index in [9.17, 15) is 10.1 Å². The second-order valence-corrected chi connectivity index (χ2v) is 3.41. The Hall–Kier alpha value is -2.22. The van der Waals surface area contributed by atoms with Crippen LogP contribution in [0.1, 0.15) is 13.3 Å². The zero-order valence-electron chi connectivity index (χ0n) is 9.77. The van der Waals surface area contributed by atoms with Crippen LogP contribution in [-0.4, -0.2) is 18.1 Å². The van der Waals surface area contributed by atoms with Crippen LogP contribution in [0.25, 0.3) is 0 Å². The molecule has 0 aliphatic rings. The lowest BCUT2D eigenvalue weighted by Gasteiger charge is -2.12. The second-order valence-electron chi connectivity index (χ2n) is 3.41. The van der Waals surface area contributed by atoms with Gasteiger partial charge in [0.1, 0.15) is 11.4 Å². The van der Waals surface area contributed by atoms with Gasteiger partial charge in [-0.15, -0.1) is 6.42 Å². The molecule has 1 atom stereocenters. The quantitative estimate of drug-likeness (QED) is 0.482. The molecule has 0 radical (unpaired) electrons. The van der Waals surface area contributed by atoms with Crippen molar-refractivity contribution in [2.24, 2.45) is 0 Å². The lowest BCUT2D eigenvalue weighted by molar-refractivity contribution is -0.384. The molecule has 0 fully saturated rings. The third-order valence-corrected chi connectivity index (χ3v) is 2.34. The van der Waals surface area contributed by atoms with Gasteiger partial charge in [0.05, 0.1) is 24.1 Å². The van der Waals surface area contributed by atoms with E-state index in [2.05, 4.69) is 11.2 Å². The molecule has 5 nitrogen and oxygen atoms in total. The predicted molar refractivity (Wildman–Crippen MR) is 66.2 cm³/mol. The smallest absolute Gasteiger partial charge is 0.296 e. The molecule has 0 bridgehead atoms. The summed E-state index contributed by atoms with van der Waals surface area (Å²) < 4.78 is 4.95. The average Bonchev–Trinajstić information content (AvgIpc) is 2.35. The molecule has 90 valence electrons. The van der Waals surface area contributed by atoms with Gasteiger partial charge in [0, 0.05) is 0 Å². The first-order valence-electron chi connectivity index (χ1n) is 5.17. The van der Waals surface area contributed by atoms with Crippen molar-refractivity contribution in [2.75, 3.05) is 12.4 Å². The van der Waals surface area contributed by atoms with E-state index in [1.807, 2.05) is 6.92 Å². The fourth-order valence-corrected chi connectivity index (χ4v) is 1.36. The van der Waals surface area contributed by atoms with E-state index in [0.717, 1.165) is 0 Å². The van der Waals surface area contributed by atoms with Gasteiger partial charge in [-0.1, -0.05) is 12.8 Å². The van der Waals surface area contributed by atoms with E-state index in [-0.39, 0.29) is 11.7 Å². The zero-order chi connectivity index (χ0) is 12.8. The van der Waals surface area contributed by atoms with Crippen LogP contribution in [0.3, 0.4) is 0 Å². The molecular weight excluding hydrogens is 220 g/mol. The molecule has 0 saturated carbocycles. The molecular formula is C12H14N2O3. The van der Waals surface area contributed by atoms with E-state index in [1.54, 1.807) is 12.1 Å². The number of nitrogens with one attached hydrogen (secondary N) is 1. The summed E-state index contributed by atoms with van der Waals surface area (Å²) in [6.45, 7) is 1.91. The number of methoxy groups -OCH3 is 1. The molecule has 1 unspecified atom stereocenters. The van der Waals surface area contributed by atoms with E-state index in [4.69, 9.17) is 11.2 Å². The second kappa shape index (κ2) is 5.75. The summed E-state index contributed by atoms with van der Waals surface area (Å²) >= 11 is 0. The Labute approximate surface area is 99.9 Å². The summed E-state index contributed by atoms with van der Waals surface area (Å²) in [4.78, 5) is 10.4. The minimum atomic E-state index is -0.464. The molecule has 1 N–H and O–H groups in total. The maximum atomic E-state index is 10.9. The Morgan fingerprint density at radius 2 is 2.35 bits per heavy atom. The number of rotatable bonds is 5. The predicted octanol–water partition coefficient (Wildman–Crippen LogP) is 2.43. The summed E-state index contributed by atoms with van der Waals surface area (Å²) in [6, 6.07) is 4.39. The summed E-state index contributed by atoms with van der Waals surface area (Å²) in [5, 5.41) is 13.9. The highest BCUT2D eigenvalue weighted by molar-refractivity contribution is 5.64. The third kappa shape index (κ3) is 3.11. The van der Waals surface area contributed by atoms with E-state index >= 15 is 0 Å². The van der Waals surface area contributed by atoms with Crippen LogP contribution in [-0.2, 0) is 0 Å². The van der Waals surface area contributed by atoms with Gasteiger partial charge in [0.25, 0.3) is 5.69 Å². The first kappa shape index (κ1) is 12.8. The number of hydrogen-bond acceptors (Lipinski definition) is 4. The summed E-state index contributed by atoms with van der Waals surface area (Å²) in [5.41, 5.74) is 0.360. The number of benzene rings is 1. The van der Waals surface area contributed by atoms with Gasteiger partial charge in [-0.2, -0.15) is 0 Å². The van der Waals surface area contributed by atoms with Crippen molar-refractivity contribution in [3.8, 4) is 18.1 Å². The molecule has 17 heavy (non-hydrogen) atoms. The molecule has 1 aromatic carbocycles. The van der Waals surface area contributed by atoms with E-state index < -0.39 is 4.92 Å². The van der Waals surface area contributed by atoms with Gasteiger partial charge in [0.2, 0.25) is 0 Å². The SMILES string of the molecule is C#CC(CC)Nc1ccc(OC)cc1[N+](=O)[O-]. The number of nitro benzene ring substituents is 1. The van der Waals surface area contributed by atoms with Gasteiger partial charge < -0.3 is 10.1 Å². The van der Waals surface area contributed by atoms with Crippen LogP contribution >= 0.6 is 0 Å². The van der Waals surface area contributed by atoms with Gasteiger partial charge >= 0.3 is 0 Å². The molecule has 0 aromatic heterocycles. The average molecular weight is 234 g/mol. The first-order valence-corrected chi connectivity index (χ1v) is 5.17. The Morgan fingerprint density at radius 3 is 2.82 bits per heavy atom.